The molecule has 0 amide bonds. The largest absolute Gasteiger partial charge is 0.378 e. The van der Waals surface area contributed by atoms with Crippen LogP contribution < -0.4 is 0 Å². The molecular weight excluding hydrogens is 148 g/mol. The predicted molar refractivity (Wildman–Crippen MR) is 56.4 cm³/mol. The molecule has 0 radical (unpaired) electrons. The van der Waals surface area contributed by atoms with Gasteiger partial charge in [-0.3, -0.25) is 0 Å². The Labute approximate surface area is 77.1 Å². The van der Waals surface area contributed by atoms with Crippen LogP contribution >= 0.6 is 0 Å². The Hall–Kier alpha value is -0.560. The summed E-state index contributed by atoms with van der Waals surface area (Å²) in [7, 11) is 0. The minimum absolute atomic E-state index is 0.724. The van der Waals surface area contributed by atoms with Crippen molar-refractivity contribution in [3.05, 3.63) is 23.8 Å². The fourth-order valence-corrected chi connectivity index (χ4v) is 0.516. The molecule has 72 valence electrons. The lowest BCUT2D eigenvalue weighted by Crippen LogP contribution is -1.87. The fourth-order valence-electron chi connectivity index (χ4n) is 0.516. The molecule has 0 atom stereocenters. The van der Waals surface area contributed by atoms with Crippen molar-refractivity contribution in [2.75, 3.05) is 13.2 Å². The smallest absolute Gasteiger partial charge is 0.0650 e. The quantitative estimate of drug-likeness (QED) is 0.463. The highest BCUT2D eigenvalue weighted by Gasteiger charge is 1.77. The molecule has 0 unspecified atom stereocenters. The zero-order valence-electron chi connectivity index (χ0n) is 9.05. The fraction of sp³-hybridized carbons (Fsp3) is 0.636. The van der Waals surface area contributed by atoms with Gasteiger partial charge in [0.1, 0.15) is 0 Å². The molecule has 0 aliphatic rings. The number of ether oxygens (including phenoxy) is 1. The summed E-state index contributed by atoms with van der Waals surface area (Å²) < 4.78 is 5.11. The van der Waals surface area contributed by atoms with Gasteiger partial charge in [-0.1, -0.05) is 37.6 Å². The van der Waals surface area contributed by atoms with Crippen LogP contribution in [-0.4, -0.2) is 13.2 Å². The van der Waals surface area contributed by atoms with Crippen molar-refractivity contribution < 1.29 is 4.74 Å². The van der Waals surface area contributed by atoms with E-state index in [2.05, 4.69) is 19.1 Å². The maximum atomic E-state index is 5.11. The van der Waals surface area contributed by atoms with E-state index in [1.807, 2.05) is 33.8 Å². The molecule has 0 bridgehead atoms. The van der Waals surface area contributed by atoms with Gasteiger partial charge in [-0.05, 0) is 20.8 Å². The van der Waals surface area contributed by atoms with Gasteiger partial charge in [0, 0.05) is 6.61 Å². The average Bonchev–Trinajstić information content (AvgIpc) is 2.15. The van der Waals surface area contributed by atoms with E-state index in [0.717, 1.165) is 13.2 Å². The van der Waals surface area contributed by atoms with E-state index in [-0.39, 0.29) is 0 Å². The van der Waals surface area contributed by atoms with Crippen molar-refractivity contribution >= 4 is 0 Å². The summed E-state index contributed by atoms with van der Waals surface area (Å²) in [5.74, 6) is 0. The van der Waals surface area contributed by atoms with E-state index < -0.39 is 0 Å². The van der Waals surface area contributed by atoms with Crippen LogP contribution in [0.25, 0.3) is 0 Å². The first-order valence-electron chi connectivity index (χ1n) is 4.68. The summed E-state index contributed by atoms with van der Waals surface area (Å²) in [5.41, 5.74) is 1.28. The molecule has 0 N–H and O–H groups in total. The molecule has 0 saturated heterocycles. The molecule has 0 saturated carbocycles. The Balaban J connectivity index is 0. The third kappa shape index (κ3) is 12.1. The highest BCUT2D eigenvalue weighted by Crippen LogP contribution is 1.92. The molecule has 0 aliphatic heterocycles. The Morgan fingerprint density at radius 3 is 2.33 bits per heavy atom. The summed E-state index contributed by atoms with van der Waals surface area (Å²) in [6.07, 6.45) is 6.16. The van der Waals surface area contributed by atoms with Crippen molar-refractivity contribution in [2.45, 2.75) is 34.6 Å². The van der Waals surface area contributed by atoms with Gasteiger partial charge in [0.15, 0.2) is 0 Å². The average molecular weight is 170 g/mol. The van der Waals surface area contributed by atoms with Crippen molar-refractivity contribution in [1.82, 2.24) is 0 Å². The Kier molecular flexibility index (Phi) is 15.2. The van der Waals surface area contributed by atoms with E-state index in [1.165, 1.54) is 5.57 Å². The highest BCUT2D eigenvalue weighted by molar-refractivity contribution is 5.14. The SMILES string of the molecule is C/C=C(C)\C=C/COCC.CC. The van der Waals surface area contributed by atoms with Gasteiger partial charge in [-0.15, -0.1) is 0 Å². The monoisotopic (exact) mass is 170 g/mol. The van der Waals surface area contributed by atoms with E-state index in [4.69, 9.17) is 4.74 Å². The standard InChI is InChI=1S/C9H16O.C2H6/c1-4-9(3)7-6-8-10-5-2;1-2/h4,6-7H,5,8H2,1-3H3;1-2H3/b7-6-,9-4-;. The molecular formula is C11H22O. The summed E-state index contributed by atoms with van der Waals surface area (Å²) in [6.45, 7) is 11.6. The Morgan fingerprint density at radius 2 is 1.92 bits per heavy atom. The molecule has 0 aromatic carbocycles. The Bertz CT molecular complexity index is 123. The van der Waals surface area contributed by atoms with Crippen LogP contribution in [0.1, 0.15) is 34.6 Å². The number of hydrogen-bond donors (Lipinski definition) is 0. The minimum atomic E-state index is 0.724. The van der Waals surface area contributed by atoms with Gasteiger partial charge in [-0.25, -0.2) is 0 Å². The molecule has 0 aromatic heterocycles. The van der Waals surface area contributed by atoms with Gasteiger partial charge < -0.3 is 4.74 Å². The summed E-state index contributed by atoms with van der Waals surface area (Å²) >= 11 is 0. The van der Waals surface area contributed by atoms with E-state index in [1.54, 1.807) is 0 Å². The number of hydrogen-bond acceptors (Lipinski definition) is 1. The lowest BCUT2D eigenvalue weighted by Gasteiger charge is -1.92. The summed E-state index contributed by atoms with van der Waals surface area (Å²) in [5, 5.41) is 0. The predicted octanol–water partition coefficient (Wildman–Crippen LogP) is 3.57. The zero-order chi connectivity index (χ0) is 9.82. The number of allylic oxidation sites excluding steroid dienone is 3. The second-order valence-electron chi connectivity index (χ2n) is 2.09. The lowest BCUT2D eigenvalue weighted by atomic mass is 10.3. The first-order valence-corrected chi connectivity index (χ1v) is 4.68. The van der Waals surface area contributed by atoms with Crippen LogP contribution in [0.4, 0.5) is 0 Å². The van der Waals surface area contributed by atoms with Crippen LogP contribution in [0.3, 0.4) is 0 Å². The van der Waals surface area contributed by atoms with Crippen LogP contribution in [0.15, 0.2) is 23.8 Å². The van der Waals surface area contributed by atoms with Crippen LogP contribution in [0.5, 0.6) is 0 Å². The van der Waals surface area contributed by atoms with Crippen molar-refractivity contribution in [2.24, 2.45) is 0 Å². The van der Waals surface area contributed by atoms with Gasteiger partial charge in [-0.2, -0.15) is 0 Å². The third-order valence-electron chi connectivity index (χ3n) is 1.25. The molecule has 0 rings (SSSR count). The van der Waals surface area contributed by atoms with Gasteiger partial charge in [0.2, 0.25) is 0 Å². The van der Waals surface area contributed by atoms with Crippen molar-refractivity contribution in [1.29, 1.82) is 0 Å². The van der Waals surface area contributed by atoms with Crippen LogP contribution in [0.2, 0.25) is 0 Å². The molecule has 0 heterocycles. The summed E-state index contributed by atoms with van der Waals surface area (Å²) in [6, 6.07) is 0. The molecule has 0 spiro atoms. The van der Waals surface area contributed by atoms with Gasteiger partial charge >= 0.3 is 0 Å². The van der Waals surface area contributed by atoms with E-state index >= 15 is 0 Å². The second-order valence-corrected chi connectivity index (χ2v) is 2.09. The minimum Gasteiger partial charge on any atom is -0.378 e. The van der Waals surface area contributed by atoms with E-state index in [0.29, 0.717) is 0 Å². The normalized spacial score (nSPS) is 11.2. The molecule has 0 fully saturated rings. The maximum Gasteiger partial charge on any atom is 0.0650 e. The van der Waals surface area contributed by atoms with Crippen molar-refractivity contribution in [3.63, 3.8) is 0 Å². The first kappa shape index (κ1) is 14.0. The van der Waals surface area contributed by atoms with Crippen LogP contribution in [0, 0.1) is 0 Å². The molecule has 0 aliphatic carbocycles. The number of rotatable bonds is 4. The lowest BCUT2D eigenvalue weighted by molar-refractivity contribution is 0.177. The molecule has 1 nitrogen and oxygen atoms in total. The van der Waals surface area contributed by atoms with Gasteiger partial charge in [0.05, 0.1) is 6.61 Å². The van der Waals surface area contributed by atoms with Crippen LogP contribution in [-0.2, 0) is 4.74 Å². The molecule has 1 heteroatoms. The van der Waals surface area contributed by atoms with E-state index in [9.17, 15) is 0 Å². The topological polar surface area (TPSA) is 9.23 Å². The second kappa shape index (κ2) is 13.1. The maximum absolute atomic E-state index is 5.11. The molecule has 12 heavy (non-hydrogen) atoms. The van der Waals surface area contributed by atoms with Crippen molar-refractivity contribution in [3.8, 4) is 0 Å². The zero-order valence-corrected chi connectivity index (χ0v) is 9.05. The third-order valence-corrected chi connectivity index (χ3v) is 1.25. The molecule has 0 aromatic rings. The highest BCUT2D eigenvalue weighted by atomic mass is 16.5. The van der Waals surface area contributed by atoms with Gasteiger partial charge in [0.25, 0.3) is 0 Å². The first-order chi connectivity index (χ1) is 5.81. The summed E-state index contributed by atoms with van der Waals surface area (Å²) in [4.78, 5) is 0. The Morgan fingerprint density at radius 1 is 1.33 bits per heavy atom.